The number of aliphatic hydroxyl groups is 1. The second-order valence-corrected chi connectivity index (χ2v) is 10.1. The van der Waals surface area contributed by atoms with Crippen LogP contribution in [0.25, 0.3) is 11.2 Å². The van der Waals surface area contributed by atoms with Gasteiger partial charge in [0.15, 0.2) is 28.8 Å². The molecule has 6 atom stereocenters. The van der Waals surface area contributed by atoms with Crippen molar-refractivity contribution in [3.63, 3.8) is 0 Å². The van der Waals surface area contributed by atoms with Gasteiger partial charge in [0, 0.05) is 0 Å². The van der Waals surface area contributed by atoms with Gasteiger partial charge in [0.05, 0.1) is 13.4 Å². The van der Waals surface area contributed by atoms with Gasteiger partial charge in [-0.2, -0.15) is 9.97 Å². The molecule has 1 aliphatic heterocycles. The van der Waals surface area contributed by atoms with Crippen molar-refractivity contribution >= 4 is 30.8 Å². The molecule has 16 nitrogen and oxygen atoms in total. The molecular formula is C21H26FN6O10P. The minimum atomic E-state index is -4.58. The van der Waals surface area contributed by atoms with E-state index in [4.69, 9.17) is 39.4 Å². The van der Waals surface area contributed by atoms with Gasteiger partial charge in [-0.3, -0.25) is 9.36 Å². The molecular weight excluding hydrogens is 546 g/mol. The number of nitrogen functional groups attached to an aromatic ring is 1. The molecule has 5 N–H and O–H groups in total. The SMILES string of the molecule is COc1nc(N)nc2c1ncn2[C@@H]1O[C@H](COOP(=O)(NC(C)C(=O)O)OOc2ccccc2)[C@@H](O)[C@@]1(C)F. The molecule has 0 aliphatic carbocycles. The standard InChI is InChI=1S/C21H26FN6O10P/c1-11(18(30)31)27-39(32,38-36-12-7-5-4-6-8-12)37-34-9-13-15(29)21(2,22)19(35-13)28-10-24-14-16(28)25-20(23)26-17(14)33-3/h4-8,10-11,13,15,19,29H,9H2,1-3H3,(H,27,32)(H,30,31)(H2,23,25,26)/t11?,13-,15-,19-,21-,39?/m1/s1. The number of aromatic nitrogens is 4. The molecule has 2 unspecified atom stereocenters. The minimum Gasteiger partial charge on any atom is -0.480 e. The zero-order valence-corrected chi connectivity index (χ0v) is 21.7. The second-order valence-electron chi connectivity index (χ2n) is 8.55. The molecule has 18 heteroatoms. The van der Waals surface area contributed by atoms with E-state index >= 15 is 4.39 Å². The molecule has 0 radical (unpaired) electrons. The van der Waals surface area contributed by atoms with Gasteiger partial charge < -0.3 is 30.3 Å². The van der Waals surface area contributed by atoms with Crippen LogP contribution < -0.4 is 20.4 Å². The van der Waals surface area contributed by atoms with Gasteiger partial charge in [-0.05, 0) is 26.0 Å². The predicted octanol–water partition coefficient (Wildman–Crippen LogP) is 1.53. The van der Waals surface area contributed by atoms with Crippen molar-refractivity contribution in [3.05, 3.63) is 36.7 Å². The smallest absolute Gasteiger partial charge is 0.469 e. The number of carboxylic acids is 1. The number of nitrogens with zero attached hydrogens (tertiary/aromatic N) is 4. The van der Waals surface area contributed by atoms with Crippen LogP contribution in [0.1, 0.15) is 20.1 Å². The first-order valence-electron chi connectivity index (χ1n) is 11.3. The summed E-state index contributed by atoms with van der Waals surface area (Å²) in [6.07, 6.45) is -3.36. The number of alkyl halides is 1. The number of nitrogens with two attached hydrogens (primary N) is 1. The van der Waals surface area contributed by atoms with Crippen LogP contribution in [0.3, 0.4) is 0 Å². The zero-order chi connectivity index (χ0) is 28.4. The lowest BCUT2D eigenvalue weighted by Gasteiger charge is -2.24. The Kier molecular flexibility index (Phi) is 8.31. The van der Waals surface area contributed by atoms with E-state index < -0.39 is 50.5 Å². The monoisotopic (exact) mass is 572 g/mol. The zero-order valence-electron chi connectivity index (χ0n) is 20.8. The average molecular weight is 572 g/mol. The largest absolute Gasteiger partial charge is 0.480 e. The number of halogens is 1. The fourth-order valence-corrected chi connectivity index (χ4v) is 4.73. The van der Waals surface area contributed by atoms with E-state index in [9.17, 15) is 14.5 Å². The number of hydrogen-bond donors (Lipinski definition) is 4. The quantitative estimate of drug-likeness (QED) is 0.138. The average Bonchev–Trinajstić information content (AvgIpc) is 3.41. The molecule has 2 aromatic heterocycles. The summed E-state index contributed by atoms with van der Waals surface area (Å²) < 4.78 is 50.5. The summed E-state index contributed by atoms with van der Waals surface area (Å²) in [5.74, 6) is -1.35. The lowest BCUT2D eigenvalue weighted by molar-refractivity contribution is -0.258. The summed E-state index contributed by atoms with van der Waals surface area (Å²) >= 11 is 0. The number of aliphatic carboxylic acids is 1. The van der Waals surface area contributed by atoms with Crippen LogP contribution in [-0.2, 0) is 28.3 Å². The topological polar surface area (TPSA) is 212 Å². The first kappa shape index (κ1) is 28.6. The summed E-state index contributed by atoms with van der Waals surface area (Å²) in [5, 5.41) is 21.9. The van der Waals surface area contributed by atoms with E-state index in [2.05, 4.69) is 20.0 Å². The van der Waals surface area contributed by atoms with E-state index in [1.165, 1.54) is 37.1 Å². The fraction of sp³-hybridized carbons (Fsp3) is 0.429. The van der Waals surface area contributed by atoms with Gasteiger partial charge in [-0.25, -0.2) is 23.9 Å². The number of imidazole rings is 1. The Hall–Kier alpha value is -3.44. The molecule has 1 fully saturated rings. The highest BCUT2D eigenvalue weighted by molar-refractivity contribution is 7.51. The highest BCUT2D eigenvalue weighted by Crippen LogP contribution is 2.46. The number of aliphatic hydroxyl groups excluding tert-OH is 1. The fourth-order valence-electron chi connectivity index (χ4n) is 3.65. The molecule has 0 spiro atoms. The number of fused-ring (bicyclic) bond motifs is 1. The van der Waals surface area contributed by atoms with Crippen LogP contribution in [0, 0.1) is 0 Å². The van der Waals surface area contributed by atoms with Crippen molar-refractivity contribution in [1.82, 2.24) is 24.6 Å². The van der Waals surface area contributed by atoms with E-state index in [0.717, 1.165) is 6.92 Å². The number of ether oxygens (including phenoxy) is 2. The molecule has 1 aromatic carbocycles. The highest BCUT2D eigenvalue weighted by Gasteiger charge is 2.55. The number of anilines is 1. The van der Waals surface area contributed by atoms with Crippen LogP contribution in [0.4, 0.5) is 10.3 Å². The Morgan fingerprint density at radius 3 is 2.72 bits per heavy atom. The molecule has 1 saturated heterocycles. The molecule has 0 amide bonds. The van der Waals surface area contributed by atoms with E-state index in [1.54, 1.807) is 18.2 Å². The van der Waals surface area contributed by atoms with Crippen molar-refractivity contribution in [2.75, 3.05) is 19.5 Å². The van der Waals surface area contributed by atoms with Gasteiger partial charge in [0.1, 0.15) is 24.9 Å². The molecule has 0 bridgehead atoms. The number of carbonyl (C=O) groups is 1. The lowest BCUT2D eigenvalue weighted by Crippen LogP contribution is -2.41. The molecule has 3 aromatic rings. The Bertz CT molecular complexity index is 1360. The van der Waals surface area contributed by atoms with Crippen molar-refractivity contribution in [2.24, 2.45) is 0 Å². The Labute approximate surface area is 220 Å². The maximum atomic E-state index is 15.7. The molecule has 0 saturated carbocycles. The van der Waals surface area contributed by atoms with Crippen LogP contribution in [0.15, 0.2) is 36.7 Å². The van der Waals surface area contributed by atoms with Gasteiger partial charge in [-0.15, -0.1) is 4.67 Å². The Balaban J connectivity index is 1.47. The third-order valence-electron chi connectivity index (χ3n) is 5.65. The number of nitrogens with one attached hydrogen (secondary N) is 1. The maximum Gasteiger partial charge on any atom is 0.469 e. The third-order valence-corrected chi connectivity index (χ3v) is 6.93. The minimum absolute atomic E-state index is 0.0557. The summed E-state index contributed by atoms with van der Waals surface area (Å²) in [6, 6.07) is 6.46. The Morgan fingerprint density at radius 1 is 1.33 bits per heavy atom. The molecule has 39 heavy (non-hydrogen) atoms. The molecule has 1 aliphatic rings. The third kappa shape index (κ3) is 6.09. The van der Waals surface area contributed by atoms with Crippen molar-refractivity contribution in [3.8, 4) is 11.6 Å². The predicted molar refractivity (Wildman–Crippen MR) is 129 cm³/mol. The van der Waals surface area contributed by atoms with E-state index in [-0.39, 0.29) is 28.7 Å². The van der Waals surface area contributed by atoms with Crippen LogP contribution in [0.2, 0.25) is 0 Å². The molecule has 212 valence electrons. The number of carboxylic acid groups (broad SMARTS) is 1. The molecule has 3 heterocycles. The molecule has 4 rings (SSSR count). The Morgan fingerprint density at radius 2 is 2.05 bits per heavy atom. The van der Waals surface area contributed by atoms with Gasteiger partial charge in [0.25, 0.3) is 0 Å². The van der Waals surface area contributed by atoms with Crippen LogP contribution in [0.5, 0.6) is 11.6 Å². The number of rotatable bonds is 12. The van der Waals surface area contributed by atoms with Crippen molar-refractivity contribution < 1.29 is 52.6 Å². The first-order valence-corrected chi connectivity index (χ1v) is 12.9. The number of methoxy groups -OCH3 is 1. The number of hydrogen-bond acceptors (Lipinski definition) is 13. The summed E-state index contributed by atoms with van der Waals surface area (Å²) in [6.45, 7) is 1.61. The summed E-state index contributed by atoms with van der Waals surface area (Å²) in [5.41, 5.74) is 3.58. The first-order chi connectivity index (χ1) is 18.4. The second kappa shape index (κ2) is 11.4. The number of para-hydroxylation sites is 1. The van der Waals surface area contributed by atoms with Gasteiger partial charge in [0.2, 0.25) is 11.8 Å². The van der Waals surface area contributed by atoms with E-state index in [0.29, 0.717) is 0 Å². The van der Waals surface area contributed by atoms with Gasteiger partial charge >= 0.3 is 13.7 Å². The summed E-state index contributed by atoms with van der Waals surface area (Å²) in [4.78, 5) is 33.3. The van der Waals surface area contributed by atoms with Crippen molar-refractivity contribution in [1.29, 1.82) is 0 Å². The maximum absolute atomic E-state index is 15.7. The van der Waals surface area contributed by atoms with Crippen LogP contribution in [-0.4, -0.2) is 73.3 Å². The van der Waals surface area contributed by atoms with Crippen molar-refractivity contribution in [2.45, 2.75) is 44.0 Å². The van der Waals surface area contributed by atoms with Gasteiger partial charge in [-0.1, -0.05) is 22.9 Å². The number of benzene rings is 1. The van der Waals surface area contributed by atoms with E-state index in [1.807, 2.05) is 0 Å². The summed E-state index contributed by atoms with van der Waals surface area (Å²) in [7, 11) is -3.23. The van der Waals surface area contributed by atoms with Crippen LogP contribution >= 0.6 is 7.75 Å². The highest BCUT2D eigenvalue weighted by atomic mass is 31.2. The lowest BCUT2D eigenvalue weighted by atomic mass is 9.98. The normalized spacial score (nSPS) is 25.3.